The van der Waals surface area contributed by atoms with Gasteiger partial charge < -0.3 is 70.7 Å². The Bertz CT molecular complexity index is 2540. The Morgan fingerprint density at radius 1 is 0.516 bits per heavy atom. The minimum absolute atomic E-state index is 0.0105. The second kappa shape index (κ2) is 38.6. The van der Waals surface area contributed by atoms with Gasteiger partial charge >= 0.3 is 0 Å². The molecular formula is C67H122N12O13S. The number of hydrogen-bond acceptors (Lipinski definition) is 15. The lowest BCUT2D eigenvalue weighted by molar-refractivity contribution is -0.157. The molecule has 1 aliphatic heterocycles. The van der Waals surface area contributed by atoms with Crippen molar-refractivity contribution in [3.63, 3.8) is 0 Å². The van der Waals surface area contributed by atoms with E-state index in [0.717, 1.165) is 9.80 Å². The number of carbonyl (C=O) groups is 11. The zero-order valence-corrected chi connectivity index (χ0v) is 62.1. The first kappa shape index (κ1) is 85.2. The fourth-order valence-corrected chi connectivity index (χ4v) is 12.7. The molecule has 1 fully saturated rings. The molecule has 26 heteroatoms. The fraction of sp³-hybridized carbons (Fsp3) is 0.806. The molecule has 0 saturated carbocycles. The van der Waals surface area contributed by atoms with Crippen molar-refractivity contribution in [3.8, 4) is 0 Å². The molecule has 0 aromatic carbocycles. The van der Waals surface area contributed by atoms with Gasteiger partial charge in [0.1, 0.15) is 66.5 Å². The van der Waals surface area contributed by atoms with Crippen molar-refractivity contribution < 1.29 is 63.0 Å². The molecule has 0 aliphatic carbocycles. The second-order valence-corrected chi connectivity index (χ2v) is 29.7. The largest absolute Gasteiger partial charge is 0.390 e. The van der Waals surface area contributed by atoms with Crippen molar-refractivity contribution >= 4 is 76.7 Å². The van der Waals surface area contributed by atoms with Crippen LogP contribution in [0.4, 0.5) is 0 Å². The van der Waals surface area contributed by atoms with Gasteiger partial charge in [0.2, 0.25) is 65.0 Å². The number of amides is 11. The van der Waals surface area contributed by atoms with Crippen molar-refractivity contribution in [2.24, 2.45) is 35.5 Å². The number of hydrogen-bond donors (Lipinski definition) is 6. The smallest absolute Gasteiger partial charge is 0.246 e. The number of carbonyl (C=O) groups excluding carboxylic acids is 11. The average Bonchev–Trinajstić information content (AvgIpc) is 0.814. The molecule has 534 valence electrons. The summed E-state index contributed by atoms with van der Waals surface area (Å²) in [5.41, 5.74) is -1.58. The van der Waals surface area contributed by atoms with Crippen LogP contribution < -0.4 is 21.3 Å². The molecule has 1 saturated heterocycles. The maximum Gasteiger partial charge on any atom is 0.246 e. The van der Waals surface area contributed by atoms with Gasteiger partial charge in [-0.25, -0.2) is 0 Å². The molecule has 0 aromatic heterocycles. The molecule has 0 bridgehead atoms. The molecule has 1 aliphatic rings. The Morgan fingerprint density at radius 2 is 0.946 bits per heavy atom. The summed E-state index contributed by atoms with van der Waals surface area (Å²) in [5.74, 6) is -9.75. The van der Waals surface area contributed by atoms with Crippen molar-refractivity contribution in [3.05, 3.63) is 12.2 Å². The molecule has 1 heterocycles. The van der Waals surface area contributed by atoms with Crippen molar-refractivity contribution in [2.45, 2.75) is 234 Å². The van der Waals surface area contributed by atoms with Crippen LogP contribution in [-0.4, -0.2) is 274 Å². The second-order valence-electron chi connectivity index (χ2n) is 28.6. The lowest BCUT2D eigenvalue weighted by Crippen LogP contribution is -2.64. The molecule has 0 spiro atoms. The van der Waals surface area contributed by atoms with Gasteiger partial charge in [0.05, 0.1) is 11.7 Å². The third-order valence-corrected chi connectivity index (χ3v) is 18.4. The van der Waals surface area contributed by atoms with E-state index in [1.807, 2.05) is 60.5 Å². The maximum absolute atomic E-state index is 15.3. The Morgan fingerprint density at radius 3 is 1.41 bits per heavy atom. The maximum atomic E-state index is 15.3. The van der Waals surface area contributed by atoms with Crippen LogP contribution in [0, 0.1) is 35.5 Å². The molecule has 11 amide bonds. The van der Waals surface area contributed by atoms with Gasteiger partial charge in [-0.15, -0.1) is 0 Å². The molecule has 0 unspecified atom stereocenters. The average molecular weight is 1340 g/mol. The number of aliphatic hydroxyl groups excluding tert-OH is 1. The van der Waals surface area contributed by atoms with Crippen LogP contribution in [0.2, 0.25) is 0 Å². The summed E-state index contributed by atoms with van der Waals surface area (Å²) in [6, 6.07) is -14.4. The first-order valence-electron chi connectivity index (χ1n) is 33.1. The van der Waals surface area contributed by atoms with E-state index in [-0.39, 0.29) is 62.0 Å². The van der Waals surface area contributed by atoms with E-state index >= 15 is 28.8 Å². The molecule has 13 atom stereocenters. The summed E-state index contributed by atoms with van der Waals surface area (Å²) in [4.78, 5) is 174. The van der Waals surface area contributed by atoms with E-state index in [1.165, 1.54) is 113 Å². The summed E-state index contributed by atoms with van der Waals surface area (Å²) in [6.45, 7) is 29.5. The van der Waals surface area contributed by atoms with Crippen LogP contribution in [-0.2, 0) is 52.7 Å². The number of nitrogens with one attached hydrogen (secondary N) is 4. The Balaban J connectivity index is 4.56. The monoisotopic (exact) mass is 1330 g/mol. The van der Waals surface area contributed by atoms with Gasteiger partial charge in [0.25, 0.3) is 0 Å². The fourth-order valence-electron chi connectivity index (χ4n) is 11.4. The van der Waals surface area contributed by atoms with E-state index in [2.05, 4.69) is 21.3 Å². The van der Waals surface area contributed by atoms with Gasteiger partial charge in [-0.1, -0.05) is 95.2 Å². The summed E-state index contributed by atoms with van der Waals surface area (Å²) in [6.07, 6.45) is 2.36. The van der Waals surface area contributed by atoms with Crippen LogP contribution >= 0.6 is 11.8 Å². The van der Waals surface area contributed by atoms with Gasteiger partial charge in [0.15, 0.2) is 0 Å². The number of allylic oxidation sites excluding steroid dienone is 2. The lowest BCUT2D eigenvalue weighted by atomic mass is 9.91. The van der Waals surface area contributed by atoms with Gasteiger partial charge in [-0.3, -0.25) is 52.7 Å². The molecule has 0 aromatic rings. The van der Waals surface area contributed by atoms with Gasteiger partial charge in [-0.05, 0) is 116 Å². The van der Waals surface area contributed by atoms with E-state index in [9.17, 15) is 34.2 Å². The third kappa shape index (κ3) is 25.0. The van der Waals surface area contributed by atoms with E-state index in [1.54, 1.807) is 60.6 Å². The molecular weight excluding hydrogens is 1210 g/mol. The number of thioether (sulfide) groups is 1. The molecule has 1 rings (SSSR count). The first-order chi connectivity index (χ1) is 42.8. The zero-order valence-electron chi connectivity index (χ0n) is 61.3. The highest BCUT2D eigenvalue weighted by Gasteiger charge is 2.47. The van der Waals surface area contributed by atoms with Crippen LogP contribution in [0.1, 0.15) is 156 Å². The summed E-state index contributed by atoms with van der Waals surface area (Å²) in [5, 5.41) is 34.7. The van der Waals surface area contributed by atoms with Crippen molar-refractivity contribution in [2.75, 3.05) is 81.5 Å². The van der Waals surface area contributed by atoms with Crippen molar-refractivity contribution in [1.82, 2.24) is 60.5 Å². The summed E-state index contributed by atoms with van der Waals surface area (Å²) in [7, 11) is 13.6. The topological polar surface area (TPSA) is 302 Å². The van der Waals surface area contributed by atoms with Crippen LogP contribution in [0.25, 0.3) is 0 Å². The standard InChI is InChI=1S/C67H122N12O13S/c1-27-29-30-43(13)55(80)54-59(84)70-46(28-2)61(86)77(24)51(37-93-32-31-72(18)19)64(89)76(23)50(36-67(16,17)92)58(83)71-52(41(9)10)65(90)73(20)47(33-38(3)4)57(82)68-44(14)56(81)69-45(15)60(85)74(21)48(34-39(5)6)62(87)75(22)49(35-40(7)8)63(88)78(25)53(42(11)12)66(91)79(54)26/h27,29,38-55,80,92H,28,30-37H2,1-26H3,(H,68,82)(H,69,81)(H,70,84)(H,71,83)/b29-27+/t43-,44+,45-,46+,47+,48+,49+,50+,51+,52+,53+,54+,55-/m1/s1. The van der Waals surface area contributed by atoms with E-state index in [4.69, 9.17) is 0 Å². The first-order valence-corrected chi connectivity index (χ1v) is 34.3. The Labute approximate surface area is 561 Å². The third-order valence-electron chi connectivity index (χ3n) is 17.3. The summed E-state index contributed by atoms with van der Waals surface area (Å²) < 4.78 is 0. The highest BCUT2D eigenvalue weighted by Crippen LogP contribution is 2.27. The summed E-state index contributed by atoms with van der Waals surface area (Å²) >= 11 is 1.36. The number of rotatable bonds is 20. The quantitative estimate of drug-likeness (QED) is 0.0754. The number of likely N-dealkylation sites (N-methyl/N-ethyl adjacent to an activating group) is 7. The zero-order chi connectivity index (χ0) is 72.2. The minimum atomic E-state index is -1.66. The van der Waals surface area contributed by atoms with E-state index in [0.29, 0.717) is 12.3 Å². The Hall–Kier alpha value is -5.86. The molecule has 6 N–H and O–H groups in total. The predicted octanol–water partition coefficient (Wildman–Crippen LogP) is 3.05. The van der Waals surface area contributed by atoms with Crippen LogP contribution in [0.3, 0.4) is 0 Å². The highest BCUT2D eigenvalue weighted by atomic mass is 32.2. The molecule has 93 heavy (non-hydrogen) atoms. The van der Waals surface area contributed by atoms with Gasteiger partial charge in [-0.2, -0.15) is 11.8 Å². The van der Waals surface area contributed by atoms with Crippen molar-refractivity contribution in [1.29, 1.82) is 0 Å². The van der Waals surface area contributed by atoms with Crippen LogP contribution in [0.15, 0.2) is 12.2 Å². The lowest BCUT2D eigenvalue weighted by Gasteiger charge is -2.41. The SMILES string of the molecule is C/C=C/C[C@@H](C)[C@@H](O)[C@H]1C(=O)N[C@@H](CC)C(=O)N(C)[C@@H](CSCCN(C)C)C(=O)N(C)[C@@H](CC(C)(C)O)C(=O)N[C@@H](C(C)C)C(=O)N(C)[C@@H](CC(C)C)C(=O)N[C@@H](C)C(=O)N[C@H](C)C(=O)N(C)[C@@H](CC(C)C)C(=O)N(C)[C@@H](CC(C)C)C(=O)N(C)[C@@H](C(C)C)C(=O)N1C. The van der Waals surface area contributed by atoms with Crippen LogP contribution in [0.5, 0.6) is 0 Å². The molecule has 25 nitrogen and oxygen atoms in total. The number of nitrogens with zero attached hydrogens (tertiary/aromatic N) is 8. The number of aliphatic hydroxyl groups is 2. The predicted molar refractivity (Wildman–Crippen MR) is 365 cm³/mol. The highest BCUT2D eigenvalue weighted by molar-refractivity contribution is 7.99. The van der Waals surface area contributed by atoms with Gasteiger partial charge in [0, 0.05) is 73.8 Å². The normalized spacial score (nSPS) is 26.6. The molecule has 0 radical (unpaired) electrons. The Kier molecular flexibility index (Phi) is 35.4. The minimum Gasteiger partial charge on any atom is -0.390 e. The van der Waals surface area contributed by atoms with E-state index < -0.39 is 161 Å².